The summed E-state index contributed by atoms with van der Waals surface area (Å²) < 4.78 is 27.2. The van der Waals surface area contributed by atoms with Crippen LogP contribution in [0.2, 0.25) is 10.0 Å². The zero-order chi connectivity index (χ0) is 16.1. The Bertz CT molecular complexity index is 878. The van der Waals surface area contributed by atoms with Crippen molar-refractivity contribution < 1.29 is 13.2 Å². The number of hydrogen-bond donors (Lipinski definition) is 1. The zero-order valence-corrected chi connectivity index (χ0v) is 13.6. The zero-order valence-electron chi connectivity index (χ0n) is 11.2. The number of halogens is 2. The average Bonchev–Trinajstić information content (AvgIpc) is 2.79. The Morgan fingerprint density at radius 3 is 2.73 bits per heavy atom. The maximum Gasteiger partial charge on any atom is 0.336 e. The van der Waals surface area contributed by atoms with Crippen LogP contribution in [0.3, 0.4) is 0 Å². The average molecular weight is 361 g/mol. The fourth-order valence-electron chi connectivity index (χ4n) is 2.22. The molecule has 2 heterocycles. The van der Waals surface area contributed by atoms with E-state index in [-0.39, 0.29) is 17.3 Å². The summed E-state index contributed by atoms with van der Waals surface area (Å²) in [5, 5.41) is 4.70. The highest BCUT2D eigenvalue weighted by Crippen LogP contribution is 2.31. The number of urea groups is 1. The predicted molar refractivity (Wildman–Crippen MR) is 81.6 cm³/mol. The van der Waals surface area contributed by atoms with Crippen molar-refractivity contribution in [2.75, 3.05) is 4.90 Å². The van der Waals surface area contributed by atoms with E-state index in [0.29, 0.717) is 15.6 Å². The molecule has 0 fully saturated rings. The number of fused-ring (bicyclic) bond motifs is 1. The Kier molecular flexibility index (Phi) is 3.54. The molecule has 0 radical (unpaired) electrons. The lowest BCUT2D eigenvalue weighted by molar-refractivity contribution is 0.250. The van der Waals surface area contributed by atoms with Crippen LogP contribution in [-0.2, 0) is 23.6 Å². The molecule has 0 bridgehead atoms. The van der Waals surface area contributed by atoms with Crippen LogP contribution in [0.1, 0.15) is 5.56 Å². The number of aryl methyl sites for hydroxylation is 1. The predicted octanol–water partition coefficient (Wildman–Crippen LogP) is 2.15. The molecule has 0 atom stereocenters. The van der Waals surface area contributed by atoms with Crippen LogP contribution >= 0.6 is 23.2 Å². The van der Waals surface area contributed by atoms with Gasteiger partial charge in [0.2, 0.25) is 0 Å². The van der Waals surface area contributed by atoms with Crippen molar-refractivity contribution in [2.45, 2.75) is 11.6 Å². The van der Waals surface area contributed by atoms with Crippen molar-refractivity contribution in [3.63, 3.8) is 0 Å². The van der Waals surface area contributed by atoms with E-state index in [4.69, 9.17) is 23.2 Å². The minimum atomic E-state index is -3.92. The highest BCUT2D eigenvalue weighted by atomic mass is 35.5. The first-order valence-electron chi connectivity index (χ1n) is 6.10. The molecular weight excluding hydrogens is 351 g/mol. The third kappa shape index (κ3) is 2.43. The van der Waals surface area contributed by atoms with E-state index in [0.717, 1.165) is 0 Å². The van der Waals surface area contributed by atoms with Crippen molar-refractivity contribution >= 4 is 44.9 Å². The molecule has 0 aliphatic carbocycles. The number of rotatable bonds is 2. The molecule has 1 aromatic carbocycles. The number of carbonyl (C=O) groups is 1. The standard InChI is InChI=1S/C12H10Cl2N4O3S/c1-17-11-10(5-15-17)18(12(19)16-22(11,20)21)6-7-2-3-8(13)4-9(7)14/h2-5H,6H2,1H3,(H,16,19). The van der Waals surface area contributed by atoms with E-state index < -0.39 is 16.1 Å². The highest BCUT2D eigenvalue weighted by molar-refractivity contribution is 7.90. The summed E-state index contributed by atoms with van der Waals surface area (Å²) in [5.74, 6) is 0. The topological polar surface area (TPSA) is 84.3 Å². The molecule has 1 N–H and O–H groups in total. The summed E-state index contributed by atoms with van der Waals surface area (Å²) >= 11 is 11.9. The highest BCUT2D eigenvalue weighted by Gasteiger charge is 2.37. The van der Waals surface area contributed by atoms with Gasteiger partial charge in [0.1, 0.15) is 5.69 Å². The van der Waals surface area contributed by atoms with Gasteiger partial charge in [-0.25, -0.2) is 9.52 Å². The number of hydrogen-bond acceptors (Lipinski definition) is 4. The van der Waals surface area contributed by atoms with Crippen molar-refractivity contribution in [3.8, 4) is 0 Å². The van der Waals surface area contributed by atoms with Gasteiger partial charge in [0.15, 0.2) is 5.03 Å². The second kappa shape index (κ2) is 5.15. The number of nitrogens with zero attached hydrogens (tertiary/aromatic N) is 3. The number of aromatic nitrogens is 2. The van der Waals surface area contributed by atoms with Gasteiger partial charge in [0, 0.05) is 17.1 Å². The van der Waals surface area contributed by atoms with Crippen molar-refractivity contribution in [3.05, 3.63) is 40.0 Å². The molecule has 0 saturated heterocycles. The van der Waals surface area contributed by atoms with Crippen LogP contribution in [0, 0.1) is 0 Å². The Hall–Kier alpha value is -1.77. The first-order chi connectivity index (χ1) is 10.3. The monoisotopic (exact) mass is 360 g/mol. The van der Waals surface area contributed by atoms with Gasteiger partial charge in [-0.15, -0.1) is 0 Å². The lowest BCUT2D eigenvalue weighted by Gasteiger charge is -2.27. The van der Waals surface area contributed by atoms with Crippen LogP contribution in [0.4, 0.5) is 10.5 Å². The Morgan fingerprint density at radius 2 is 2.05 bits per heavy atom. The van der Waals surface area contributed by atoms with Crippen molar-refractivity contribution in [2.24, 2.45) is 7.05 Å². The number of sulfonamides is 1. The number of amides is 2. The molecule has 116 valence electrons. The van der Waals surface area contributed by atoms with Crippen LogP contribution in [0.15, 0.2) is 29.4 Å². The molecule has 10 heteroatoms. The van der Waals surface area contributed by atoms with Crippen molar-refractivity contribution in [1.29, 1.82) is 0 Å². The molecule has 7 nitrogen and oxygen atoms in total. The summed E-state index contributed by atoms with van der Waals surface area (Å²) in [7, 11) is -2.43. The van der Waals surface area contributed by atoms with E-state index in [1.165, 1.54) is 22.8 Å². The SMILES string of the molecule is Cn1ncc2c1S(=O)(=O)NC(=O)N2Cc1ccc(Cl)cc1Cl. The molecule has 0 spiro atoms. The summed E-state index contributed by atoms with van der Waals surface area (Å²) in [5.41, 5.74) is 0.840. The van der Waals surface area contributed by atoms with Gasteiger partial charge in [0.25, 0.3) is 10.0 Å². The lowest BCUT2D eigenvalue weighted by atomic mass is 10.2. The van der Waals surface area contributed by atoms with Gasteiger partial charge in [-0.1, -0.05) is 29.3 Å². The fourth-order valence-corrected chi connectivity index (χ4v) is 3.95. The molecule has 2 amide bonds. The molecule has 1 aromatic heterocycles. The van der Waals surface area contributed by atoms with Crippen LogP contribution < -0.4 is 9.62 Å². The van der Waals surface area contributed by atoms with Gasteiger partial charge in [-0.05, 0) is 17.7 Å². The molecule has 2 aromatic rings. The fraction of sp³-hybridized carbons (Fsp3) is 0.167. The third-order valence-corrected chi connectivity index (χ3v) is 5.23. The first kappa shape index (κ1) is 15.1. The summed E-state index contributed by atoms with van der Waals surface area (Å²) in [6, 6.07) is 4.12. The molecule has 1 aliphatic rings. The Morgan fingerprint density at radius 1 is 1.32 bits per heavy atom. The van der Waals surface area contributed by atoms with E-state index in [9.17, 15) is 13.2 Å². The van der Waals surface area contributed by atoms with E-state index in [2.05, 4.69) is 5.10 Å². The lowest BCUT2D eigenvalue weighted by Crippen LogP contribution is -2.47. The van der Waals surface area contributed by atoms with E-state index in [1.807, 2.05) is 4.72 Å². The second-order valence-corrected chi connectivity index (χ2v) is 7.13. The largest absolute Gasteiger partial charge is 0.336 e. The Balaban J connectivity index is 2.06. The number of carbonyl (C=O) groups excluding carboxylic acids is 1. The molecular formula is C12H10Cl2N4O3S. The van der Waals surface area contributed by atoms with Crippen LogP contribution in [-0.4, -0.2) is 24.2 Å². The summed E-state index contributed by atoms with van der Waals surface area (Å²) in [4.78, 5) is 13.4. The summed E-state index contributed by atoms with van der Waals surface area (Å²) in [6.07, 6.45) is 1.33. The molecule has 1 aliphatic heterocycles. The maximum atomic E-state index is 12.1. The molecule has 22 heavy (non-hydrogen) atoms. The molecule has 0 unspecified atom stereocenters. The first-order valence-corrected chi connectivity index (χ1v) is 8.34. The summed E-state index contributed by atoms with van der Waals surface area (Å²) in [6.45, 7) is 0.0933. The van der Waals surface area contributed by atoms with E-state index in [1.54, 1.807) is 18.2 Å². The number of nitrogens with one attached hydrogen (secondary N) is 1. The normalized spacial score (nSPS) is 16.3. The smallest absolute Gasteiger partial charge is 0.285 e. The molecule has 3 rings (SSSR count). The minimum Gasteiger partial charge on any atom is -0.285 e. The number of benzene rings is 1. The van der Waals surface area contributed by atoms with Gasteiger partial charge in [-0.2, -0.15) is 13.5 Å². The van der Waals surface area contributed by atoms with E-state index >= 15 is 0 Å². The maximum absolute atomic E-state index is 12.1. The Labute approximate surface area is 136 Å². The van der Waals surface area contributed by atoms with Gasteiger partial charge >= 0.3 is 6.03 Å². The molecule has 0 saturated carbocycles. The van der Waals surface area contributed by atoms with Crippen LogP contribution in [0.5, 0.6) is 0 Å². The van der Waals surface area contributed by atoms with Gasteiger partial charge in [-0.3, -0.25) is 9.58 Å². The van der Waals surface area contributed by atoms with Crippen LogP contribution in [0.25, 0.3) is 0 Å². The number of anilines is 1. The third-order valence-electron chi connectivity index (χ3n) is 3.22. The minimum absolute atomic E-state index is 0.0721. The van der Waals surface area contributed by atoms with Crippen molar-refractivity contribution in [1.82, 2.24) is 14.5 Å². The second-order valence-electron chi connectivity index (χ2n) is 4.69. The van der Waals surface area contributed by atoms with Gasteiger partial charge < -0.3 is 0 Å². The quantitative estimate of drug-likeness (QED) is 0.888. The van der Waals surface area contributed by atoms with Gasteiger partial charge in [0.05, 0.1) is 12.7 Å².